The molecule has 0 heterocycles. The zero-order valence-corrected chi connectivity index (χ0v) is 9.86. The predicted molar refractivity (Wildman–Crippen MR) is 62.2 cm³/mol. The quantitative estimate of drug-likeness (QED) is 0.442. The lowest BCUT2D eigenvalue weighted by atomic mass is 10.0. The lowest BCUT2D eigenvalue weighted by molar-refractivity contribution is 0.0373. The third-order valence-corrected chi connectivity index (χ3v) is 2.62. The number of hydrogen-bond donors (Lipinski definition) is 5. The van der Waals surface area contributed by atoms with Crippen LogP contribution in [0.4, 0.5) is 14.5 Å². The van der Waals surface area contributed by atoms with Gasteiger partial charge in [0.15, 0.2) is 0 Å². The molecule has 0 aliphatic rings. The maximum Gasteiger partial charge on any atom is 0.255 e. The van der Waals surface area contributed by atoms with E-state index in [9.17, 15) is 13.6 Å². The first-order chi connectivity index (χ1) is 8.89. The van der Waals surface area contributed by atoms with Gasteiger partial charge in [0.1, 0.15) is 17.2 Å². The van der Waals surface area contributed by atoms with E-state index in [-0.39, 0.29) is 0 Å². The summed E-state index contributed by atoms with van der Waals surface area (Å²) in [6, 6.07) is 1.24. The Labute approximate surface area is 107 Å². The van der Waals surface area contributed by atoms with Crippen molar-refractivity contribution in [1.82, 2.24) is 5.32 Å². The SMILES string of the molecule is Nc1cc(C(=O)NC(CO)(CO)CO)c(F)cc1F. The van der Waals surface area contributed by atoms with Crippen molar-refractivity contribution in [2.75, 3.05) is 25.6 Å². The van der Waals surface area contributed by atoms with E-state index in [0.29, 0.717) is 6.07 Å². The van der Waals surface area contributed by atoms with Crippen LogP contribution in [0.1, 0.15) is 10.4 Å². The Hall–Kier alpha value is -1.77. The highest BCUT2D eigenvalue weighted by atomic mass is 19.1. The van der Waals surface area contributed by atoms with Crippen LogP contribution >= 0.6 is 0 Å². The number of nitrogens with two attached hydrogens (primary N) is 1. The van der Waals surface area contributed by atoms with Crippen LogP contribution in [0.15, 0.2) is 12.1 Å². The van der Waals surface area contributed by atoms with Crippen LogP contribution in [-0.4, -0.2) is 46.6 Å². The molecule has 0 unspecified atom stereocenters. The number of hydrogen-bond acceptors (Lipinski definition) is 5. The fourth-order valence-corrected chi connectivity index (χ4v) is 1.32. The van der Waals surface area contributed by atoms with Crippen molar-refractivity contribution in [3.8, 4) is 0 Å². The number of aliphatic hydroxyl groups is 3. The Balaban J connectivity index is 3.04. The van der Waals surface area contributed by atoms with Gasteiger partial charge in [-0.25, -0.2) is 8.78 Å². The second-order valence-electron chi connectivity index (χ2n) is 4.06. The maximum absolute atomic E-state index is 13.4. The molecule has 1 rings (SSSR count). The Bertz CT molecular complexity index is 470. The van der Waals surface area contributed by atoms with E-state index < -0.39 is 54.2 Å². The zero-order valence-electron chi connectivity index (χ0n) is 9.86. The van der Waals surface area contributed by atoms with Crippen molar-refractivity contribution in [2.45, 2.75) is 5.54 Å². The highest BCUT2D eigenvalue weighted by molar-refractivity contribution is 5.95. The standard InChI is InChI=1S/C11H14F2N2O4/c12-7-2-8(13)9(14)1-6(7)10(19)15-11(3-16,4-17)5-18/h1-2,16-18H,3-5,14H2,(H,15,19). The molecule has 0 bridgehead atoms. The molecule has 19 heavy (non-hydrogen) atoms. The van der Waals surface area contributed by atoms with Crippen LogP contribution in [0.2, 0.25) is 0 Å². The molecular weight excluding hydrogens is 262 g/mol. The minimum Gasteiger partial charge on any atom is -0.396 e. The highest BCUT2D eigenvalue weighted by Gasteiger charge is 2.31. The molecule has 1 aromatic rings. The van der Waals surface area contributed by atoms with Gasteiger partial charge in [-0.3, -0.25) is 4.79 Å². The largest absolute Gasteiger partial charge is 0.396 e. The molecule has 0 aliphatic heterocycles. The number of rotatable bonds is 5. The molecule has 0 aliphatic carbocycles. The summed E-state index contributed by atoms with van der Waals surface area (Å²) >= 11 is 0. The van der Waals surface area contributed by atoms with Crippen LogP contribution in [0, 0.1) is 11.6 Å². The van der Waals surface area contributed by atoms with E-state index in [2.05, 4.69) is 5.32 Å². The van der Waals surface area contributed by atoms with Gasteiger partial charge in [0, 0.05) is 6.07 Å². The van der Waals surface area contributed by atoms with Crippen molar-refractivity contribution in [3.05, 3.63) is 29.3 Å². The maximum atomic E-state index is 13.4. The summed E-state index contributed by atoms with van der Waals surface area (Å²) in [7, 11) is 0. The number of anilines is 1. The molecule has 8 heteroatoms. The van der Waals surface area contributed by atoms with Crippen LogP contribution in [0.25, 0.3) is 0 Å². The molecule has 0 atom stereocenters. The number of nitrogens with one attached hydrogen (secondary N) is 1. The van der Waals surface area contributed by atoms with Crippen LogP contribution in [0.5, 0.6) is 0 Å². The van der Waals surface area contributed by atoms with Gasteiger partial charge in [0.05, 0.1) is 31.1 Å². The monoisotopic (exact) mass is 276 g/mol. The molecule has 1 amide bonds. The third kappa shape index (κ3) is 3.16. The van der Waals surface area contributed by atoms with Gasteiger partial charge in [0.2, 0.25) is 0 Å². The van der Waals surface area contributed by atoms with Crippen LogP contribution in [0.3, 0.4) is 0 Å². The number of carbonyl (C=O) groups is 1. The van der Waals surface area contributed by atoms with Gasteiger partial charge in [-0.2, -0.15) is 0 Å². The molecule has 1 aromatic carbocycles. The van der Waals surface area contributed by atoms with E-state index in [1.165, 1.54) is 0 Å². The fraction of sp³-hybridized carbons (Fsp3) is 0.364. The first-order valence-corrected chi connectivity index (χ1v) is 5.28. The number of benzene rings is 1. The third-order valence-electron chi connectivity index (χ3n) is 2.62. The Morgan fingerprint density at radius 3 is 2.16 bits per heavy atom. The summed E-state index contributed by atoms with van der Waals surface area (Å²) in [6.45, 7) is -2.28. The average molecular weight is 276 g/mol. The lowest BCUT2D eigenvalue weighted by Gasteiger charge is -2.28. The molecule has 106 valence electrons. The van der Waals surface area contributed by atoms with E-state index in [1.54, 1.807) is 0 Å². The van der Waals surface area contributed by atoms with Crippen molar-refractivity contribution < 1.29 is 28.9 Å². The van der Waals surface area contributed by atoms with Crippen molar-refractivity contribution in [2.24, 2.45) is 0 Å². The summed E-state index contributed by atoms with van der Waals surface area (Å²) in [5.41, 5.74) is 2.54. The summed E-state index contributed by atoms with van der Waals surface area (Å²) in [5, 5.41) is 29.2. The number of amides is 1. The number of nitrogen functional groups attached to an aromatic ring is 1. The smallest absolute Gasteiger partial charge is 0.255 e. The molecule has 0 fully saturated rings. The van der Waals surface area contributed by atoms with Gasteiger partial charge in [-0.1, -0.05) is 0 Å². The lowest BCUT2D eigenvalue weighted by Crippen LogP contribution is -2.57. The van der Waals surface area contributed by atoms with E-state index in [0.717, 1.165) is 6.07 Å². The van der Waals surface area contributed by atoms with Crippen molar-refractivity contribution >= 4 is 11.6 Å². The Morgan fingerprint density at radius 1 is 1.16 bits per heavy atom. The van der Waals surface area contributed by atoms with E-state index in [1.807, 2.05) is 0 Å². The molecule has 0 radical (unpaired) electrons. The minimum atomic E-state index is -1.70. The van der Waals surface area contributed by atoms with E-state index >= 15 is 0 Å². The van der Waals surface area contributed by atoms with Gasteiger partial charge < -0.3 is 26.4 Å². The molecule has 0 saturated heterocycles. The first-order valence-electron chi connectivity index (χ1n) is 5.28. The van der Waals surface area contributed by atoms with E-state index in [4.69, 9.17) is 21.1 Å². The van der Waals surface area contributed by atoms with Gasteiger partial charge >= 0.3 is 0 Å². The molecular formula is C11H14F2N2O4. The molecule has 0 aromatic heterocycles. The average Bonchev–Trinajstić information content (AvgIpc) is 2.40. The number of halogens is 2. The Kier molecular flexibility index (Phi) is 4.76. The van der Waals surface area contributed by atoms with Gasteiger partial charge in [0.25, 0.3) is 5.91 Å². The predicted octanol–water partition coefficient (Wildman–Crippen LogP) is -1.01. The second kappa shape index (κ2) is 5.91. The molecule has 6 N–H and O–H groups in total. The minimum absolute atomic E-state index is 0.422. The first kappa shape index (κ1) is 15.3. The molecule has 6 nitrogen and oxygen atoms in total. The normalized spacial score (nSPS) is 11.4. The second-order valence-corrected chi connectivity index (χ2v) is 4.06. The van der Waals surface area contributed by atoms with Gasteiger partial charge in [-0.15, -0.1) is 0 Å². The summed E-state index contributed by atoms with van der Waals surface area (Å²) in [5.74, 6) is -3.19. The zero-order chi connectivity index (χ0) is 14.6. The molecule has 0 saturated carbocycles. The summed E-state index contributed by atoms with van der Waals surface area (Å²) < 4.78 is 26.4. The number of aliphatic hydroxyl groups excluding tert-OH is 3. The summed E-state index contributed by atoms with van der Waals surface area (Å²) in [4.78, 5) is 11.8. The highest BCUT2D eigenvalue weighted by Crippen LogP contribution is 2.17. The number of carbonyl (C=O) groups excluding carboxylic acids is 1. The summed E-state index contributed by atoms with van der Waals surface area (Å²) in [6.07, 6.45) is 0. The Morgan fingerprint density at radius 2 is 1.68 bits per heavy atom. The van der Waals surface area contributed by atoms with Gasteiger partial charge in [-0.05, 0) is 6.07 Å². The van der Waals surface area contributed by atoms with Crippen molar-refractivity contribution in [1.29, 1.82) is 0 Å². The van der Waals surface area contributed by atoms with Crippen molar-refractivity contribution in [3.63, 3.8) is 0 Å². The van der Waals surface area contributed by atoms with Crippen LogP contribution < -0.4 is 11.1 Å². The topological polar surface area (TPSA) is 116 Å². The molecule has 0 spiro atoms. The van der Waals surface area contributed by atoms with Crippen LogP contribution in [-0.2, 0) is 0 Å². The fourth-order valence-electron chi connectivity index (χ4n) is 1.32.